The van der Waals surface area contributed by atoms with E-state index in [4.69, 9.17) is 10.8 Å². The minimum absolute atomic E-state index is 0.0943. The van der Waals surface area contributed by atoms with E-state index in [2.05, 4.69) is 4.90 Å². The summed E-state index contributed by atoms with van der Waals surface area (Å²) in [6.07, 6.45) is 1.59. The summed E-state index contributed by atoms with van der Waals surface area (Å²) in [4.78, 5) is 40.6. The normalized spacial score (nSPS) is 20.8. The molecule has 0 spiro atoms. The van der Waals surface area contributed by atoms with E-state index in [1.807, 2.05) is 4.90 Å². The van der Waals surface area contributed by atoms with Gasteiger partial charge in [-0.25, -0.2) is 9.59 Å². The summed E-state index contributed by atoms with van der Waals surface area (Å²) in [5.74, 6) is -1.01. The number of piperazine rings is 1. The van der Waals surface area contributed by atoms with Crippen molar-refractivity contribution < 1.29 is 19.5 Å². The molecule has 8 heteroatoms. The topological polar surface area (TPSA) is 107 Å². The summed E-state index contributed by atoms with van der Waals surface area (Å²) >= 11 is 0. The van der Waals surface area contributed by atoms with Gasteiger partial charge in [0.25, 0.3) is 0 Å². The number of benzene rings is 1. The maximum atomic E-state index is 12.7. The third-order valence-electron chi connectivity index (χ3n) is 5.15. The molecule has 26 heavy (non-hydrogen) atoms. The highest BCUT2D eigenvalue weighted by Gasteiger charge is 2.32. The van der Waals surface area contributed by atoms with Crippen LogP contribution in [0, 0.1) is 5.92 Å². The van der Waals surface area contributed by atoms with Gasteiger partial charge in [-0.2, -0.15) is 0 Å². The molecule has 1 atom stereocenters. The molecule has 2 saturated heterocycles. The van der Waals surface area contributed by atoms with Gasteiger partial charge in [0.1, 0.15) is 0 Å². The minimum atomic E-state index is -0.940. The van der Waals surface area contributed by atoms with Crippen LogP contribution in [0.1, 0.15) is 23.2 Å². The first kappa shape index (κ1) is 18.0. The van der Waals surface area contributed by atoms with Crippen LogP contribution in [-0.2, 0) is 4.79 Å². The molecule has 0 radical (unpaired) electrons. The third kappa shape index (κ3) is 3.89. The van der Waals surface area contributed by atoms with Gasteiger partial charge in [-0.05, 0) is 37.1 Å². The molecule has 1 aromatic carbocycles. The quantitative estimate of drug-likeness (QED) is 0.830. The van der Waals surface area contributed by atoms with Gasteiger partial charge in [0.05, 0.1) is 11.5 Å². The van der Waals surface area contributed by atoms with Crippen LogP contribution in [0.5, 0.6) is 0 Å². The monoisotopic (exact) mass is 360 g/mol. The molecule has 0 aliphatic carbocycles. The number of nitrogens with zero attached hydrogens (tertiary/aromatic N) is 3. The number of hydrogen-bond acceptors (Lipinski definition) is 4. The number of amides is 3. The fourth-order valence-corrected chi connectivity index (χ4v) is 3.64. The number of primary amides is 1. The number of nitrogens with two attached hydrogens (primary N) is 1. The number of aromatic carboxylic acids is 1. The van der Waals surface area contributed by atoms with Crippen molar-refractivity contribution in [1.29, 1.82) is 0 Å². The SMILES string of the molecule is NC(=O)N1CCC[C@H](C(=O)N2CCN(c3ccc(C(=O)O)cc3)CC2)C1. The van der Waals surface area contributed by atoms with Crippen LogP contribution in [0.3, 0.4) is 0 Å². The van der Waals surface area contributed by atoms with E-state index in [1.54, 1.807) is 29.2 Å². The van der Waals surface area contributed by atoms with Crippen LogP contribution in [0.2, 0.25) is 0 Å². The number of carboxylic acid groups (broad SMARTS) is 1. The predicted molar refractivity (Wildman–Crippen MR) is 96.1 cm³/mol. The lowest BCUT2D eigenvalue weighted by molar-refractivity contribution is -0.137. The Morgan fingerprint density at radius 3 is 2.19 bits per heavy atom. The highest BCUT2D eigenvalue weighted by atomic mass is 16.4. The molecular formula is C18H24N4O4. The van der Waals surface area contributed by atoms with Crippen LogP contribution < -0.4 is 10.6 Å². The van der Waals surface area contributed by atoms with E-state index in [-0.39, 0.29) is 17.4 Å². The second-order valence-electron chi connectivity index (χ2n) is 6.79. The van der Waals surface area contributed by atoms with Gasteiger partial charge in [0.15, 0.2) is 0 Å². The average Bonchev–Trinajstić information content (AvgIpc) is 2.67. The van der Waals surface area contributed by atoms with E-state index in [0.29, 0.717) is 39.3 Å². The van der Waals surface area contributed by atoms with Crippen molar-refractivity contribution in [2.24, 2.45) is 11.7 Å². The Balaban J connectivity index is 1.55. The van der Waals surface area contributed by atoms with Gasteiger partial charge < -0.3 is 25.5 Å². The summed E-state index contributed by atoms with van der Waals surface area (Å²) < 4.78 is 0. The molecule has 2 aliphatic heterocycles. The molecule has 3 amide bonds. The summed E-state index contributed by atoms with van der Waals surface area (Å²) in [7, 11) is 0. The van der Waals surface area contributed by atoms with Crippen molar-refractivity contribution in [1.82, 2.24) is 9.80 Å². The van der Waals surface area contributed by atoms with Crippen LogP contribution in [0.15, 0.2) is 24.3 Å². The number of carboxylic acids is 1. The summed E-state index contributed by atoms with van der Waals surface area (Å²) in [6.45, 7) is 3.66. The number of anilines is 1. The van der Waals surface area contributed by atoms with E-state index in [9.17, 15) is 14.4 Å². The Hall–Kier alpha value is -2.77. The standard InChI is InChI=1S/C18H24N4O4/c19-18(26)22-7-1-2-14(12-22)16(23)21-10-8-20(9-11-21)15-5-3-13(4-6-15)17(24)25/h3-6,14H,1-2,7-12H2,(H2,19,26)(H,24,25)/t14-/m0/s1. The second-order valence-corrected chi connectivity index (χ2v) is 6.79. The molecule has 0 aromatic heterocycles. The molecule has 8 nitrogen and oxygen atoms in total. The number of urea groups is 1. The number of rotatable bonds is 3. The van der Waals surface area contributed by atoms with Gasteiger partial charge in [-0.3, -0.25) is 4.79 Å². The smallest absolute Gasteiger partial charge is 0.335 e. The first-order valence-electron chi connectivity index (χ1n) is 8.87. The Morgan fingerprint density at radius 2 is 1.62 bits per heavy atom. The van der Waals surface area contributed by atoms with E-state index in [1.165, 1.54) is 0 Å². The molecule has 2 heterocycles. The number of carbonyl (C=O) groups excluding carboxylic acids is 2. The molecule has 3 rings (SSSR count). The van der Waals surface area contributed by atoms with Crippen molar-refractivity contribution in [2.75, 3.05) is 44.2 Å². The van der Waals surface area contributed by atoms with Crippen molar-refractivity contribution >= 4 is 23.6 Å². The summed E-state index contributed by atoms with van der Waals surface area (Å²) in [6, 6.07) is 6.32. The average molecular weight is 360 g/mol. The number of hydrogen-bond donors (Lipinski definition) is 2. The van der Waals surface area contributed by atoms with Crippen LogP contribution in [-0.4, -0.2) is 72.1 Å². The molecule has 1 aromatic rings. The first-order chi connectivity index (χ1) is 12.5. The Labute approximate surface area is 152 Å². The number of carbonyl (C=O) groups is 3. The Morgan fingerprint density at radius 1 is 0.962 bits per heavy atom. The molecule has 3 N–H and O–H groups in total. The molecule has 0 unspecified atom stereocenters. The van der Waals surface area contributed by atoms with Gasteiger partial charge >= 0.3 is 12.0 Å². The largest absolute Gasteiger partial charge is 0.478 e. The maximum absolute atomic E-state index is 12.7. The van der Waals surface area contributed by atoms with E-state index < -0.39 is 12.0 Å². The van der Waals surface area contributed by atoms with Gasteiger partial charge in [0, 0.05) is 45.0 Å². The fraction of sp³-hybridized carbons (Fsp3) is 0.500. The zero-order chi connectivity index (χ0) is 18.7. The van der Waals surface area contributed by atoms with Crippen LogP contribution in [0.25, 0.3) is 0 Å². The van der Waals surface area contributed by atoms with Crippen LogP contribution >= 0.6 is 0 Å². The fourth-order valence-electron chi connectivity index (χ4n) is 3.64. The lowest BCUT2D eigenvalue weighted by atomic mass is 9.96. The van der Waals surface area contributed by atoms with Crippen LogP contribution in [0.4, 0.5) is 10.5 Å². The highest BCUT2D eigenvalue weighted by Crippen LogP contribution is 2.22. The van der Waals surface area contributed by atoms with Gasteiger partial charge in [-0.15, -0.1) is 0 Å². The summed E-state index contributed by atoms with van der Waals surface area (Å²) in [5, 5.41) is 8.97. The van der Waals surface area contributed by atoms with Gasteiger partial charge in [-0.1, -0.05) is 0 Å². The Kier molecular flexibility index (Phi) is 5.29. The van der Waals surface area contributed by atoms with Crippen molar-refractivity contribution in [2.45, 2.75) is 12.8 Å². The Bertz CT molecular complexity index is 683. The van der Waals surface area contributed by atoms with Crippen molar-refractivity contribution in [3.05, 3.63) is 29.8 Å². The minimum Gasteiger partial charge on any atom is -0.478 e. The predicted octanol–water partition coefficient (Wildman–Crippen LogP) is 0.824. The lowest BCUT2D eigenvalue weighted by Gasteiger charge is -2.39. The molecule has 140 valence electrons. The number of likely N-dealkylation sites (tertiary alicyclic amines) is 1. The third-order valence-corrected chi connectivity index (χ3v) is 5.15. The highest BCUT2D eigenvalue weighted by molar-refractivity contribution is 5.88. The van der Waals surface area contributed by atoms with Crippen molar-refractivity contribution in [3.8, 4) is 0 Å². The molecule has 2 fully saturated rings. The van der Waals surface area contributed by atoms with Gasteiger partial charge in [0.2, 0.25) is 5.91 Å². The molecule has 0 saturated carbocycles. The molecule has 0 bridgehead atoms. The van der Waals surface area contributed by atoms with Crippen molar-refractivity contribution in [3.63, 3.8) is 0 Å². The zero-order valence-electron chi connectivity index (χ0n) is 14.6. The zero-order valence-corrected chi connectivity index (χ0v) is 14.6. The lowest BCUT2D eigenvalue weighted by Crippen LogP contribution is -2.53. The van der Waals surface area contributed by atoms with E-state index >= 15 is 0 Å². The molecular weight excluding hydrogens is 336 g/mol. The molecule has 2 aliphatic rings. The maximum Gasteiger partial charge on any atom is 0.335 e. The number of piperidine rings is 1. The summed E-state index contributed by atoms with van der Waals surface area (Å²) in [5.41, 5.74) is 6.56. The van der Waals surface area contributed by atoms with E-state index in [0.717, 1.165) is 18.5 Å². The second kappa shape index (κ2) is 7.63. The first-order valence-corrected chi connectivity index (χ1v) is 8.87.